The summed E-state index contributed by atoms with van der Waals surface area (Å²) < 4.78 is 0. The number of hydrogen-bond donors (Lipinski definition) is 1. The molecule has 0 saturated carbocycles. The first-order valence-corrected chi connectivity index (χ1v) is 10.3. The molecule has 4 nitrogen and oxygen atoms in total. The fourth-order valence-electron chi connectivity index (χ4n) is 4.77. The van der Waals surface area contributed by atoms with Crippen molar-refractivity contribution in [2.45, 2.75) is 52.1 Å². The lowest BCUT2D eigenvalue weighted by Crippen LogP contribution is -2.49. The maximum absolute atomic E-state index is 13.4. The first kappa shape index (κ1) is 18.3. The van der Waals surface area contributed by atoms with Gasteiger partial charge in [-0.2, -0.15) is 0 Å². The van der Waals surface area contributed by atoms with Crippen LogP contribution in [0.25, 0.3) is 16.5 Å². The van der Waals surface area contributed by atoms with E-state index in [0.717, 1.165) is 32.4 Å². The Kier molecular flexibility index (Phi) is 4.85. The molecule has 1 aromatic heterocycles. The molecule has 0 radical (unpaired) electrons. The Morgan fingerprint density at radius 3 is 2.93 bits per heavy atom. The van der Waals surface area contributed by atoms with Crippen molar-refractivity contribution in [1.29, 1.82) is 0 Å². The van der Waals surface area contributed by atoms with Crippen LogP contribution in [0, 0.1) is 5.92 Å². The number of unbranched alkanes of at least 4 members (excludes halogenated alkanes) is 1. The van der Waals surface area contributed by atoms with Gasteiger partial charge in [0.25, 0.3) is 0 Å². The highest BCUT2D eigenvalue weighted by molar-refractivity contribution is 5.99. The minimum absolute atomic E-state index is 0.0590. The smallest absolute Gasteiger partial charge is 0.231 e. The van der Waals surface area contributed by atoms with E-state index in [4.69, 9.17) is 0 Å². The van der Waals surface area contributed by atoms with E-state index >= 15 is 0 Å². The topological polar surface area (TPSA) is 39.3 Å². The molecule has 0 spiro atoms. The van der Waals surface area contributed by atoms with E-state index in [9.17, 15) is 4.79 Å². The average Bonchev–Trinajstić information content (AvgIpc) is 3.07. The zero-order valence-electron chi connectivity index (χ0n) is 17.0. The Hall–Kier alpha value is -2.07. The average molecular weight is 366 g/mol. The third-order valence-electron chi connectivity index (χ3n) is 6.24. The van der Waals surface area contributed by atoms with Crippen LogP contribution >= 0.6 is 0 Å². The molecule has 4 rings (SSSR count). The third-order valence-corrected chi connectivity index (χ3v) is 6.24. The molecule has 4 heteroatoms. The normalized spacial score (nSPS) is 22.0. The number of hydrogen-bond acceptors (Lipinski definition) is 2. The number of benzene rings is 1. The van der Waals surface area contributed by atoms with Crippen LogP contribution in [0.4, 0.5) is 0 Å². The molecule has 0 bridgehead atoms. The summed E-state index contributed by atoms with van der Waals surface area (Å²) >= 11 is 0. The number of amides is 1. The number of rotatable bonds is 5. The maximum atomic E-state index is 13.4. The lowest BCUT2D eigenvalue weighted by Gasteiger charge is -2.41. The second-order valence-corrected chi connectivity index (χ2v) is 8.41. The number of H-pyrrole nitrogens is 1. The quantitative estimate of drug-likeness (QED) is 0.867. The fraction of sp³-hybridized carbons (Fsp3) is 0.522. The van der Waals surface area contributed by atoms with Gasteiger partial charge >= 0.3 is 0 Å². The SMILES string of the molecule is CCCCN(C(=O)[C@@H]1C=C2c3cccc4[nH]cc(c34)C[C@H]2N(C)C1)C(C)C. The van der Waals surface area contributed by atoms with E-state index in [0.29, 0.717) is 6.04 Å². The Morgan fingerprint density at radius 1 is 1.37 bits per heavy atom. The van der Waals surface area contributed by atoms with Gasteiger partial charge in [0.2, 0.25) is 5.91 Å². The van der Waals surface area contributed by atoms with Gasteiger partial charge in [-0.25, -0.2) is 0 Å². The molecule has 1 aliphatic heterocycles. The molecular formula is C23H31N3O. The molecule has 2 atom stereocenters. The van der Waals surface area contributed by atoms with Crippen molar-refractivity contribution in [1.82, 2.24) is 14.8 Å². The summed E-state index contributed by atoms with van der Waals surface area (Å²) in [6.45, 7) is 8.10. The standard InChI is InChI=1S/C23H31N3O/c1-5-6-10-26(15(2)3)23(27)17-11-19-18-8-7-9-20-22(18)16(13-24-20)12-21(19)25(4)14-17/h7-9,11,13,15,17,21,24H,5-6,10,12,14H2,1-4H3/t17-,21-/m1/s1. The van der Waals surface area contributed by atoms with Crippen LogP contribution in [0.1, 0.15) is 44.7 Å². The van der Waals surface area contributed by atoms with Crippen molar-refractivity contribution >= 4 is 22.4 Å². The van der Waals surface area contributed by atoms with Crippen LogP contribution in [0.3, 0.4) is 0 Å². The van der Waals surface area contributed by atoms with Crippen LogP contribution in [0.2, 0.25) is 0 Å². The van der Waals surface area contributed by atoms with Crippen LogP contribution < -0.4 is 0 Å². The number of nitrogens with zero attached hydrogens (tertiary/aromatic N) is 2. The van der Waals surface area contributed by atoms with Gasteiger partial charge in [-0.1, -0.05) is 31.6 Å². The van der Waals surface area contributed by atoms with E-state index in [-0.39, 0.29) is 17.9 Å². The molecule has 2 aliphatic rings. The molecule has 1 aliphatic carbocycles. The van der Waals surface area contributed by atoms with E-state index < -0.39 is 0 Å². The van der Waals surface area contributed by atoms with Crippen molar-refractivity contribution in [3.63, 3.8) is 0 Å². The highest BCUT2D eigenvalue weighted by Crippen LogP contribution is 2.41. The maximum Gasteiger partial charge on any atom is 0.231 e. The predicted molar refractivity (Wildman–Crippen MR) is 112 cm³/mol. The van der Waals surface area contributed by atoms with E-state index in [1.807, 2.05) is 0 Å². The van der Waals surface area contributed by atoms with Crippen molar-refractivity contribution in [2.75, 3.05) is 20.1 Å². The minimum Gasteiger partial charge on any atom is -0.361 e. The predicted octanol–water partition coefficient (Wildman–Crippen LogP) is 4.07. The Morgan fingerprint density at radius 2 is 2.19 bits per heavy atom. The molecule has 2 heterocycles. The Bertz CT molecular complexity index is 879. The number of aromatic nitrogens is 1. The van der Waals surface area contributed by atoms with E-state index in [1.165, 1.54) is 27.6 Å². The molecular weight excluding hydrogens is 334 g/mol. The lowest BCUT2D eigenvalue weighted by molar-refractivity contribution is -0.136. The molecule has 1 amide bonds. The number of likely N-dealkylation sites (N-methyl/N-ethyl adjacent to an activating group) is 1. The summed E-state index contributed by atoms with van der Waals surface area (Å²) in [5.74, 6) is 0.222. The molecule has 1 N–H and O–H groups in total. The molecule has 0 saturated heterocycles. The fourth-order valence-corrected chi connectivity index (χ4v) is 4.77. The largest absolute Gasteiger partial charge is 0.361 e. The summed E-state index contributed by atoms with van der Waals surface area (Å²) in [5.41, 5.74) is 5.23. The summed E-state index contributed by atoms with van der Waals surface area (Å²) in [7, 11) is 2.17. The second kappa shape index (κ2) is 7.16. The monoisotopic (exact) mass is 365 g/mol. The van der Waals surface area contributed by atoms with Crippen molar-refractivity contribution < 1.29 is 4.79 Å². The Balaban J connectivity index is 1.71. The summed E-state index contributed by atoms with van der Waals surface area (Å²) in [5, 5.41) is 1.34. The van der Waals surface area contributed by atoms with Gasteiger partial charge in [-0.15, -0.1) is 0 Å². The van der Waals surface area contributed by atoms with Gasteiger partial charge in [0.1, 0.15) is 0 Å². The van der Waals surface area contributed by atoms with Crippen LogP contribution in [0.5, 0.6) is 0 Å². The van der Waals surface area contributed by atoms with Gasteiger partial charge < -0.3 is 9.88 Å². The van der Waals surface area contributed by atoms with Gasteiger partial charge in [0.15, 0.2) is 0 Å². The number of carbonyl (C=O) groups is 1. The zero-order chi connectivity index (χ0) is 19.1. The van der Waals surface area contributed by atoms with Crippen molar-refractivity contribution in [3.8, 4) is 0 Å². The summed E-state index contributed by atoms with van der Waals surface area (Å²) in [6.07, 6.45) is 7.63. The Labute approximate surface area is 162 Å². The number of carbonyl (C=O) groups excluding carboxylic acids is 1. The van der Waals surface area contributed by atoms with Gasteiger partial charge in [0, 0.05) is 42.3 Å². The van der Waals surface area contributed by atoms with E-state index in [2.05, 4.69) is 73.1 Å². The molecule has 144 valence electrons. The zero-order valence-corrected chi connectivity index (χ0v) is 17.0. The minimum atomic E-state index is -0.0590. The summed E-state index contributed by atoms with van der Waals surface area (Å²) in [4.78, 5) is 21.2. The highest BCUT2D eigenvalue weighted by Gasteiger charge is 2.37. The highest BCUT2D eigenvalue weighted by atomic mass is 16.2. The molecule has 1 aromatic carbocycles. The number of fused-ring (bicyclic) bond motifs is 2. The van der Waals surface area contributed by atoms with Gasteiger partial charge in [-0.3, -0.25) is 9.69 Å². The first-order valence-electron chi connectivity index (χ1n) is 10.3. The second-order valence-electron chi connectivity index (χ2n) is 8.41. The van der Waals surface area contributed by atoms with Gasteiger partial charge in [0.05, 0.1) is 5.92 Å². The first-order chi connectivity index (χ1) is 13.0. The van der Waals surface area contributed by atoms with E-state index in [1.54, 1.807) is 0 Å². The molecule has 27 heavy (non-hydrogen) atoms. The lowest BCUT2D eigenvalue weighted by atomic mass is 9.79. The number of aromatic amines is 1. The summed E-state index contributed by atoms with van der Waals surface area (Å²) in [6, 6.07) is 7.09. The van der Waals surface area contributed by atoms with Crippen LogP contribution in [-0.4, -0.2) is 52.9 Å². The molecule has 2 aromatic rings. The molecule has 0 unspecified atom stereocenters. The van der Waals surface area contributed by atoms with Crippen molar-refractivity contribution in [2.24, 2.45) is 5.92 Å². The van der Waals surface area contributed by atoms with Crippen LogP contribution in [0.15, 0.2) is 30.5 Å². The number of nitrogens with one attached hydrogen (secondary N) is 1. The van der Waals surface area contributed by atoms with Gasteiger partial charge in [-0.05, 0) is 56.5 Å². The van der Waals surface area contributed by atoms with Crippen molar-refractivity contribution in [3.05, 3.63) is 41.6 Å². The molecule has 0 fully saturated rings. The van der Waals surface area contributed by atoms with Crippen LogP contribution in [-0.2, 0) is 11.2 Å². The third kappa shape index (κ3) is 3.10.